The lowest BCUT2D eigenvalue weighted by atomic mass is 10.3. The maximum Gasteiger partial charge on any atom is 0.305 e. The lowest BCUT2D eigenvalue weighted by molar-refractivity contribution is -0.166. The molecular formula is C16H30N2O5. The van der Waals surface area contributed by atoms with Crippen LogP contribution in [0, 0.1) is 0 Å². The van der Waals surface area contributed by atoms with Gasteiger partial charge in [0, 0.05) is 39.5 Å². The third-order valence-electron chi connectivity index (χ3n) is 3.36. The number of unbranched alkanes of at least 4 members (excludes halogenated alkanes) is 1. The molecule has 0 saturated carbocycles. The Bertz CT molecular complexity index is 351. The van der Waals surface area contributed by atoms with E-state index in [1.807, 2.05) is 22.2 Å². The van der Waals surface area contributed by atoms with Crippen molar-refractivity contribution >= 4 is 5.97 Å². The molecule has 1 heterocycles. The number of nitrogens with zero attached hydrogens (tertiary/aromatic N) is 2. The smallest absolute Gasteiger partial charge is 0.305 e. The molecule has 1 aliphatic heterocycles. The number of hydrogen-bond donors (Lipinski definition) is 0. The van der Waals surface area contributed by atoms with Gasteiger partial charge >= 0.3 is 5.97 Å². The van der Waals surface area contributed by atoms with Crippen molar-refractivity contribution in [3.63, 3.8) is 0 Å². The minimum Gasteiger partial charge on any atom is -0.423 e. The Morgan fingerprint density at radius 3 is 2.22 bits per heavy atom. The molecule has 7 nitrogen and oxygen atoms in total. The molecule has 0 aromatic carbocycles. The molecule has 0 amide bonds. The number of esters is 1. The second kappa shape index (κ2) is 12.2. The van der Waals surface area contributed by atoms with Crippen LogP contribution >= 0.6 is 0 Å². The summed E-state index contributed by atoms with van der Waals surface area (Å²) in [6.45, 7) is 7.92. The summed E-state index contributed by atoms with van der Waals surface area (Å²) in [6.07, 6.45) is 5.72. The van der Waals surface area contributed by atoms with Gasteiger partial charge in [0.1, 0.15) is 0 Å². The zero-order valence-electron chi connectivity index (χ0n) is 14.5. The van der Waals surface area contributed by atoms with Crippen LogP contribution in [0.4, 0.5) is 0 Å². The summed E-state index contributed by atoms with van der Waals surface area (Å²) in [5.41, 5.74) is 0. The highest BCUT2D eigenvalue weighted by atomic mass is 16.6. The summed E-state index contributed by atoms with van der Waals surface area (Å²) in [6, 6.07) is 0. The molecule has 0 saturated heterocycles. The van der Waals surface area contributed by atoms with Crippen LogP contribution in [-0.4, -0.2) is 75.4 Å². The highest BCUT2D eigenvalue weighted by Crippen LogP contribution is 2.17. The van der Waals surface area contributed by atoms with E-state index in [2.05, 4.69) is 6.92 Å². The number of ether oxygens (including phenoxy) is 4. The topological polar surface area (TPSA) is 60.5 Å². The Hall–Kier alpha value is -1.31. The molecule has 23 heavy (non-hydrogen) atoms. The molecule has 0 bridgehead atoms. The average molecular weight is 330 g/mol. The van der Waals surface area contributed by atoms with Gasteiger partial charge in [-0.15, -0.1) is 0 Å². The average Bonchev–Trinajstić information content (AvgIpc) is 2.89. The Balaban J connectivity index is 2.23. The van der Waals surface area contributed by atoms with Gasteiger partial charge in [0.25, 0.3) is 6.35 Å². The molecule has 0 aliphatic carbocycles. The molecule has 1 atom stereocenters. The molecule has 134 valence electrons. The highest BCUT2D eigenvalue weighted by molar-refractivity contribution is 5.66. The lowest BCUT2D eigenvalue weighted by Gasteiger charge is -2.31. The number of hydrogen-bond acceptors (Lipinski definition) is 7. The summed E-state index contributed by atoms with van der Waals surface area (Å²) in [5.74, 6) is -0.280. The van der Waals surface area contributed by atoms with E-state index in [-0.39, 0.29) is 12.3 Å². The standard InChI is InChI=1S/C16H30N2O5/c1-4-5-6-17-7-8-18(16(17)23-15(2)19)9-10-21-13-14-22-12-11-20-3/h7-8,16H,4-6,9-14H2,1-3H3. The summed E-state index contributed by atoms with van der Waals surface area (Å²) < 4.78 is 21.2. The van der Waals surface area contributed by atoms with E-state index in [1.54, 1.807) is 7.11 Å². The molecule has 1 aliphatic rings. The van der Waals surface area contributed by atoms with Crippen molar-refractivity contribution in [2.45, 2.75) is 33.0 Å². The second-order valence-corrected chi connectivity index (χ2v) is 5.28. The van der Waals surface area contributed by atoms with Crippen molar-refractivity contribution in [2.75, 3.05) is 53.2 Å². The fraction of sp³-hybridized carbons (Fsp3) is 0.812. The monoisotopic (exact) mass is 330 g/mol. The Labute approximate surface area is 139 Å². The van der Waals surface area contributed by atoms with E-state index in [4.69, 9.17) is 18.9 Å². The van der Waals surface area contributed by atoms with Crippen molar-refractivity contribution in [3.05, 3.63) is 12.4 Å². The van der Waals surface area contributed by atoms with Gasteiger partial charge in [-0.3, -0.25) is 4.79 Å². The molecule has 0 aromatic rings. The third-order valence-corrected chi connectivity index (χ3v) is 3.36. The van der Waals surface area contributed by atoms with Gasteiger partial charge in [-0.2, -0.15) is 0 Å². The Morgan fingerprint density at radius 2 is 1.61 bits per heavy atom. The SMILES string of the molecule is CCCCN1C=CN(CCOCCOCCOC)C1OC(C)=O. The van der Waals surface area contributed by atoms with Gasteiger partial charge in [0.05, 0.1) is 33.0 Å². The first-order chi connectivity index (χ1) is 11.2. The molecule has 1 unspecified atom stereocenters. The molecular weight excluding hydrogens is 300 g/mol. The van der Waals surface area contributed by atoms with Gasteiger partial charge in [-0.1, -0.05) is 13.3 Å². The van der Waals surface area contributed by atoms with Crippen molar-refractivity contribution in [1.82, 2.24) is 9.80 Å². The fourth-order valence-corrected chi connectivity index (χ4v) is 2.14. The number of carbonyl (C=O) groups is 1. The first-order valence-electron chi connectivity index (χ1n) is 8.20. The van der Waals surface area contributed by atoms with Crippen LogP contribution in [0.3, 0.4) is 0 Å². The normalized spacial score (nSPS) is 17.1. The molecule has 1 rings (SSSR count). The van der Waals surface area contributed by atoms with Gasteiger partial charge in [-0.05, 0) is 6.42 Å². The van der Waals surface area contributed by atoms with Crippen molar-refractivity contribution < 1.29 is 23.7 Å². The van der Waals surface area contributed by atoms with Crippen LogP contribution < -0.4 is 0 Å². The quantitative estimate of drug-likeness (QED) is 0.374. The minimum atomic E-state index is -0.361. The van der Waals surface area contributed by atoms with Crippen LogP contribution in [0.15, 0.2) is 12.4 Å². The van der Waals surface area contributed by atoms with Crippen molar-refractivity contribution in [2.24, 2.45) is 0 Å². The Kier molecular flexibility index (Phi) is 10.4. The largest absolute Gasteiger partial charge is 0.423 e. The van der Waals surface area contributed by atoms with Crippen molar-refractivity contribution in [1.29, 1.82) is 0 Å². The van der Waals surface area contributed by atoms with E-state index < -0.39 is 0 Å². The summed E-state index contributed by atoms with van der Waals surface area (Å²) in [4.78, 5) is 15.3. The van der Waals surface area contributed by atoms with Gasteiger partial charge < -0.3 is 28.7 Å². The van der Waals surface area contributed by atoms with Crippen molar-refractivity contribution in [3.8, 4) is 0 Å². The Morgan fingerprint density at radius 1 is 1.00 bits per heavy atom. The van der Waals surface area contributed by atoms with E-state index in [0.29, 0.717) is 39.6 Å². The van der Waals surface area contributed by atoms with E-state index in [1.165, 1.54) is 6.92 Å². The van der Waals surface area contributed by atoms with Gasteiger partial charge in [-0.25, -0.2) is 0 Å². The van der Waals surface area contributed by atoms with E-state index in [0.717, 1.165) is 19.4 Å². The van der Waals surface area contributed by atoms with Gasteiger partial charge in [0.15, 0.2) is 0 Å². The number of rotatable bonds is 13. The molecule has 0 aromatic heterocycles. The predicted octanol–water partition coefficient (Wildman–Crippen LogP) is 1.40. The van der Waals surface area contributed by atoms with Crippen LogP contribution in [-0.2, 0) is 23.7 Å². The zero-order valence-corrected chi connectivity index (χ0v) is 14.5. The van der Waals surface area contributed by atoms with Crippen LogP contribution in [0.2, 0.25) is 0 Å². The first kappa shape index (κ1) is 19.7. The zero-order chi connectivity index (χ0) is 16.9. The van der Waals surface area contributed by atoms with Gasteiger partial charge in [0.2, 0.25) is 0 Å². The molecule has 7 heteroatoms. The predicted molar refractivity (Wildman–Crippen MR) is 86.5 cm³/mol. The molecule has 0 N–H and O–H groups in total. The maximum atomic E-state index is 11.3. The highest BCUT2D eigenvalue weighted by Gasteiger charge is 2.28. The number of carbonyl (C=O) groups excluding carboxylic acids is 1. The third kappa shape index (κ3) is 8.20. The maximum absolute atomic E-state index is 11.3. The lowest BCUT2D eigenvalue weighted by Crippen LogP contribution is -2.43. The summed E-state index contributed by atoms with van der Waals surface area (Å²) in [7, 11) is 1.65. The summed E-state index contributed by atoms with van der Waals surface area (Å²) >= 11 is 0. The minimum absolute atomic E-state index is 0.280. The van der Waals surface area contributed by atoms with Crippen LogP contribution in [0.5, 0.6) is 0 Å². The molecule has 0 fully saturated rings. The fourth-order valence-electron chi connectivity index (χ4n) is 2.14. The first-order valence-corrected chi connectivity index (χ1v) is 8.20. The number of methoxy groups -OCH3 is 1. The van der Waals surface area contributed by atoms with Crippen LogP contribution in [0.1, 0.15) is 26.7 Å². The second-order valence-electron chi connectivity index (χ2n) is 5.28. The van der Waals surface area contributed by atoms with E-state index in [9.17, 15) is 4.79 Å². The summed E-state index contributed by atoms with van der Waals surface area (Å²) in [5, 5.41) is 0. The molecule has 0 spiro atoms. The molecule has 0 radical (unpaired) electrons. The van der Waals surface area contributed by atoms with Crippen LogP contribution in [0.25, 0.3) is 0 Å². The van der Waals surface area contributed by atoms with E-state index >= 15 is 0 Å².